The smallest absolute Gasteiger partial charge is 0.260 e. The Morgan fingerprint density at radius 1 is 0.971 bits per heavy atom. The van der Waals surface area contributed by atoms with Crippen LogP contribution in [0.4, 0.5) is 10.1 Å². The molecule has 7 nitrogen and oxygen atoms in total. The van der Waals surface area contributed by atoms with Gasteiger partial charge in [0.1, 0.15) is 17.3 Å². The number of carbonyl (C=O) groups is 1. The summed E-state index contributed by atoms with van der Waals surface area (Å²) in [5.74, 6) is 1.09. The van der Waals surface area contributed by atoms with Gasteiger partial charge in [-0.15, -0.1) is 0 Å². The number of aromatic nitrogens is 1. The van der Waals surface area contributed by atoms with Crippen molar-refractivity contribution in [3.63, 3.8) is 0 Å². The van der Waals surface area contributed by atoms with Gasteiger partial charge in [-0.05, 0) is 67.2 Å². The van der Waals surface area contributed by atoms with Crippen molar-refractivity contribution in [3.05, 3.63) is 83.8 Å². The number of carbonyl (C=O) groups excluding carboxylic acids is 1. The molecule has 1 heterocycles. The van der Waals surface area contributed by atoms with Gasteiger partial charge in [-0.3, -0.25) is 15.1 Å². The second kappa shape index (κ2) is 10.4. The summed E-state index contributed by atoms with van der Waals surface area (Å²) < 4.78 is 30.7. The number of halogens is 1. The molecule has 0 unspecified atom stereocenters. The maximum atomic E-state index is 13.8. The molecule has 0 aliphatic heterocycles. The van der Waals surface area contributed by atoms with E-state index in [4.69, 9.17) is 26.4 Å². The molecule has 35 heavy (non-hydrogen) atoms. The summed E-state index contributed by atoms with van der Waals surface area (Å²) >= 11 is 5.22. The van der Waals surface area contributed by atoms with E-state index in [9.17, 15) is 9.18 Å². The number of hydrogen-bond acceptors (Lipinski definition) is 6. The maximum absolute atomic E-state index is 13.8. The Bertz CT molecular complexity index is 1430. The number of anilines is 1. The minimum absolute atomic E-state index is 0.0520. The lowest BCUT2D eigenvalue weighted by Gasteiger charge is -2.15. The summed E-state index contributed by atoms with van der Waals surface area (Å²) in [5, 5.41) is 6.27. The molecule has 4 rings (SSSR count). The molecule has 2 N–H and O–H groups in total. The summed E-state index contributed by atoms with van der Waals surface area (Å²) in [7, 11) is 3.14. The summed E-state index contributed by atoms with van der Waals surface area (Å²) in [4.78, 5) is 16.7. The van der Waals surface area contributed by atoms with Crippen molar-refractivity contribution in [1.29, 1.82) is 0 Å². The number of amides is 1. The van der Waals surface area contributed by atoms with Crippen molar-refractivity contribution in [2.45, 2.75) is 6.92 Å². The Morgan fingerprint density at radius 3 is 2.43 bits per heavy atom. The van der Waals surface area contributed by atoms with E-state index in [0.717, 1.165) is 10.9 Å². The average Bonchev–Trinajstić information content (AvgIpc) is 2.85. The van der Waals surface area contributed by atoms with Gasteiger partial charge in [0.15, 0.2) is 16.6 Å². The van der Waals surface area contributed by atoms with Gasteiger partial charge in [-0.25, -0.2) is 4.39 Å². The van der Waals surface area contributed by atoms with Gasteiger partial charge in [0.2, 0.25) is 0 Å². The molecule has 0 radical (unpaired) electrons. The Hall–Kier alpha value is -4.24. The number of ether oxygens (including phenoxy) is 3. The van der Waals surface area contributed by atoms with Crippen LogP contribution in [0.1, 0.15) is 15.9 Å². The lowest BCUT2D eigenvalue weighted by atomic mass is 10.1. The van der Waals surface area contributed by atoms with Crippen molar-refractivity contribution in [2.24, 2.45) is 0 Å². The number of benzene rings is 3. The van der Waals surface area contributed by atoms with Crippen molar-refractivity contribution in [1.82, 2.24) is 10.3 Å². The highest BCUT2D eigenvalue weighted by atomic mass is 32.1. The van der Waals surface area contributed by atoms with Crippen molar-refractivity contribution in [3.8, 4) is 23.0 Å². The van der Waals surface area contributed by atoms with Crippen LogP contribution in [0.5, 0.6) is 23.0 Å². The van der Waals surface area contributed by atoms with E-state index in [2.05, 4.69) is 15.6 Å². The number of rotatable bonds is 6. The van der Waals surface area contributed by atoms with Gasteiger partial charge in [0, 0.05) is 23.3 Å². The van der Waals surface area contributed by atoms with E-state index in [-0.39, 0.29) is 10.7 Å². The van der Waals surface area contributed by atoms with Crippen LogP contribution >= 0.6 is 12.2 Å². The molecule has 0 saturated carbocycles. The van der Waals surface area contributed by atoms with Crippen molar-refractivity contribution < 1.29 is 23.4 Å². The van der Waals surface area contributed by atoms with E-state index in [1.165, 1.54) is 18.2 Å². The number of thiocarbonyl (C=S) groups is 1. The predicted molar refractivity (Wildman–Crippen MR) is 136 cm³/mol. The number of nitrogens with one attached hydrogen (secondary N) is 2. The van der Waals surface area contributed by atoms with E-state index in [1.807, 2.05) is 19.1 Å². The molecular formula is C26H22FN3O4S. The predicted octanol–water partition coefficient (Wildman–Crippen LogP) is 5.62. The third-order valence-corrected chi connectivity index (χ3v) is 5.43. The second-order valence-electron chi connectivity index (χ2n) is 7.50. The normalized spacial score (nSPS) is 10.5. The lowest BCUT2D eigenvalue weighted by Crippen LogP contribution is -2.34. The topological polar surface area (TPSA) is 81.7 Å². The number of nitrogens with zero attached hydrogens (tertiary/aromatic N) is 1. The highest BCUT2D eigenvalue weighted by Gasteiger charge is 2.14. The molecule has 9 heteroatoms. The van der Waals surface area contributed by atoms with Gasteiger partial charge in [-0.2, -0.15) is 0 Å². The summed E-state index contributed by atoms with van der Waals surface area (Å²) in [6.45, 7) is 1.87. The molecule has 1 amide bonds. The molecule has 0 atom stereocenters. The summed E-state index contributed by atoms with van der Waals surface area (Å²) in [5.41, 5.74) is 2.10. The molecule has 3 aromatic carbocycles. The Labute approximate surface area is 206 Å². The van der Waals surface area contributed by atoms with E-state index in [1.54, 1.807) is 50.7 Å². The molecule has 178 valence electrons. The molecule has 0 fully saturated rings. The minimum atomic E-state index is -0.630. The Kier molecular flexibility index (Phi) is 7.07. The number of hydrogen-bond donors (Lipinski definition) is 2. The van der Waals surface area contributed by atoms with Crippen molar-refractivity contribution in [2.75, 3.05) is 19.5 Å². The third kappa shape index (κ3) is 5.30. The molecular weight excluding hydrogens is 469 g/mol. The Morgan fingerprint density at radius 2 is 1.71 bits per heavy atom. The minimum Gasteiger partial charge on any atom is -0.493 e. The van der Waals surface area contributed by atoms with E-state index < -0.39 is 11.7 Å². The molecule has 0 aliphatic carbocycles. The zero-order valence-electron chi connectivity index (χ0n) is 19.2. The first-order chi connectivity index (χ1) is 16.9. The largest absolute Gasteiger partial charge is 0.493 e. The van der Waals surface area contributed by atoms with Crippen LogP contribution in [-0.4, -0.2) is 30.2 Å². The van der Waals surface area contributed by atoms with Crippen LogP contribution in [0.2, 0.25) is 0 Å². The Balaban J connectivity index is 1.50. The van der Waals surface area contributed by atoms with Gasteiger partial charge >= 0.3 is 0 Å². The fourth-order valence-corrected chi connectivity index (χ4v) is 3.68. The number of aryl methyl sites for hydroxylation is 1. The zero-order valence-corrected chi connectivity index (χ0v) is 20.0. The highest BCUT2D eigenvalue weighted by Crippen LogP contribution is 2.37. The molecule has 1 aromatic heterocycles. The van der Waals surface area contributed by atoms with Gasteiger partial charge in [0.05, 0.1) is 25.3 Å². The van der Waals surface area contributed by atoms with Crippen LogP contribution in [0.15, 0.2) is 66.9 Å². The monoisotopic (exact) mass is 491 g/mol. The van der Waals surface area contributed by atoms with Crippen LogP contribution in [-0.2, 0) is 0 Å². The van der Waals surface area contributed by atoms with E-state index >= 15 is 0 Å². The molecule has 0 saturated heterocycles. The quantitative estimate of drug-likeness (QED) is 0.339. The molecule has 0 bridgehead atoms. The first-order valence-corrected chi connectivity index (χ1v) is 11.0. The standard InChI is InChI=1S/C26H22FN3O4S/c1-15-12-16(34-22-10-11-28-21-14-24(33-3)23(32-2)13-18(21)22)8-9-20(15)29-26(35)30-25(31)17-6-4-5-7-19(17)27/h4-14H,1-3H3,(H2,29,30,31,35). The first kappa shape index (κ1) is 23.9. The van der Waals surface area contributed by atoms with Crippen LogP contribution in [0, 0.1) is 12.7 Å². The first-order valence-electron chi connectivity index (χ1n) is 10.6. The van der Waals surface area contributed by atoms with Crippen LogP contribution < -0.4 is 24.8 Å². The highest BCUT2D eigenvalue weighted by molar-refractivity contribution is 7.80. The van der Waals surface area contributed by atoms with Gasteiger partial charge < -0.3 is 19.5 Å². The van der Waals surface area contributed by atoms with Crippen LogP contribution in [0.25, 0.3) is 10.9 Å². The van der Waals surface area contributed by atoms with Crippen molar-refractivity contribution >= 4 is 39.8 Å². The number of fused-ring (bicyclic) bond motifs is 1. The van der Waals surface area contributed by atoms with E-state index in [0.29, 0.717) is 34.2 Å². The number of methoxy groups -OCH3 is 2. The second-order valence-corrected chi connectivity index (χ2v) is 7.91. The molecule has 0 spiro atoms. The molecule has 4 aromatic rings. The SMILES string of the molecule is COc1cc2nccc(Oc3ccc(NC(=S)NC(=O)c4ccccc4F)c(C)c3)c2cc1OC. The fraction of sp³-hybridized carbons (Fsp3) is 0.115. The average molecular weight is 492 g/mol. The third-order valence-electron chi connectivity index (χ3n) is 5.23. The summed E-state index contributed by atoms with van der Waals surface area (Å²) in [6.07, 6.45) is 1.66. The lowest BCUT2D eigenvalue weighted by molar-refractivity contribution is 0.0974. The van der Waals surface area contributed by atoms with Crippen LogP contribution in [0.3, 0.4) is 0 Å². The zero-order chi connectivity index (χ0) is 24.9. The fourth-order valence-electron chi connectivity index (χ4n) is 3.47. The molecule has 0 aliphatic rings. The van der Waals surface area contributed by atoms with Gasteiger partial charge in [0.25, 0.3) is 5.91 Å². The maximum Gasteiger partial charge on any atom is 0.260 e. The summed E-state index contributed by atoms with van der Waals surface area (Å²) in [6, 6.07) is 16.4. The van der Waals surface area contributed by atoms with Gasteiger partial charge in [-0.1, -0.05) is 12.1 Å². The number of pyridine rings is 1.